The normalized spacial score (nSPS) is 14.7. The van der Waals surface area contributed by atoms with Gasteiger partial charge in [-0.25, -0.2) is 4.39 Å². The minimum Gasteiger partial charge on any atom is -0.378 e. The van der Waals surface area contributed by atoms with E-state index in [-0.39, 0.29) is 17.6 Å². The molecule has 1 saturated heterocycles. The van der Waals surface area contributed by atoms with Gasteiger partial charge in [0, 0.05) is 39.5 Å². The summed E-state index contributed by atoms with van der Waals surface area (Å²) in [7, 11) is 0. The number of hydrogen-bond donors (Lipinski definition) is 0. The molecule has 0 radical (unpaired) electrons. The second-order valence-corrected chi connectivity index (χ2v) is 5.31. The van der Waals surface area contributed by atoms with Gasteiger partial charge in [-0.1, -0.05) is 12.1 Å². The molecule has 22 heavy (non-hydrogen) atoms. The molecule has 1 aliphatic rings. The first-order valence-corrected chi connectivity index (χ1v) is 7.42. The van der Waals surface area contributed by atoms with Gasteiger partial charge in [-0.05, 0) is 17.7 Å². The molecule has 1 fully saturated rings. The molecule has 6 heteroatoms. The van der Waals surface area contributed by atoms with Gasteiger partial charge in [-0.3, -0.25) is 9.59 Å². The highest BCUT2D eigenvalue weighted by molar-refractivity contribution is 5.78. The van der Waals surface area contributed by atoms with Crippen molar-refractivity contribution in [1.82, 2.24) is 9.80 Å². The standard InChI is InChI=1S/C16H21FN2O3/c1-13(20)19(12-14-2-4-15(17)5-3-14)7-6-16(21)18-8-10-22-11-9-18/h2-5H,6-12H2,1H3. The number of morpholine rings is 1. The summed E-state index contributed by atoms with van der Waals surface area (Å²) in [5.74, 6) is -0.367. The Morgan fingerprint density at radius 2 is 1.86 bits per heavy atom. The molecule has 0 saturated carbocycles. The Balaban J connectivity index is 1.87. The van der Waals surface area contributed by atoms with Gasteiger partial charge < -0.3 is 14.5 Å². The minimum absolute atomic E-state index is 0.0358. The van der Waals surface area contributed by atoms with Crippen molar-refractivity contribution in [2.24, 2.45) is 0 Å². The van der Waals surface area contributed by atoms with Crippen LogP contribution in [0.25, 0.3) is 0 Å². The van der Waals surface area contributed by atoms with Crippen molar-refractivity contribution in [2.45, 2.75) is 19.9 Å². The van der Waals surface area contributed by atoms with Gasteiger partial charge in [0.05, 0.1) is 13.2 Å². The second kappa shape index (κ2) is 7.89. The minimum atomic E-state index is -0.305. The summed E-state index contributed by atoms with van der Waals surface area (Å²) in [6, 6.07) is 6.03. The van der Waals surface area contributed by atoms with E-state index in [9.17, 15) is 14.0 Å². The number of nitrogens with zero attached hydrogens (tertiary/aromatic N) is 2. The molecular formula is C16H21FN2O3. The van der Waals surface area contributed by atoms with Gasteiger partial charge in [0.25, 0.3) is 0 Å². The molecule has 1 aromatic carbocycles. The number of rotatable bonds is 5. The Kier molecular flexibility index (Phi) is 5.89. The van der Waals surface area contributed by atoms with E-state index >= 15 is 0 Å². The maximum absolute atomic E-state index is 12.9. The number of hydrogen-bond acceptors (Lipinski definition) is 3. The molecule has 120 valence electrons. The molecule has 0 aromatic heterocycles. The fraction of sp³-hybridized carbons (Fsp3) is 0.500. The Morgan fingerprint density at radius 3 is 2.45 bits per heavy atom. The zero-order valence-corrected chi connectivity index (χ0v) is 12.8. The molecule has 0 spiro atoms. The third-order valence-electron chi connectivity index (χ3n) is 3.69. The third-order valence-corrected chi connectivity index (χ3v) is 3.69. The number of ether oxygens (including phenoxy) is 1. The summed E-state index contributed by atoms with van der Waals surface area (Å²) < 4.78 is 18.1. The monoisotopic (exact) mass is 308 g/mol. The van der Waals surface area contributed by atoms with Crippen molar-refractivity contribution >= 4 is 11.8 Å². The number of carbonyl (C=O) groups is 2. The van der Waals surface area contributed by atoms with E-state index in [1.807, 2.05) is 0 Å². The topological polar surface area (TPSA) is 49.9 Å². The van der Waals surface area contributed by atoms with Crippen LogP contribution in [0.1, 0.15) is 18.9 Å². The summed E-state index contributed by atoms with van der Waals surface area (Å²) in [4.78, 5) is 27.2. The highest BCUT2D eigenvalue weighted by atomic mass is 19.1. The summed E-state index contributed by atoms with van der Waals surface area (Å²) in [6.07, 6.45) is 0.292. The fourth-order valence-corrected chi connectivity index (χ4v) is 2.36. The lowest BCUT2D eigenvalue weighted by atomic mass is 10.2. The van der Waals surface area contributed by atoms with Gasteiger partial charge >= 0.3 is 0 Å². The van der Waals surface area contributed by atoms with Crippen molar-refractivity contribution in [3.63, 3.8) is 0 Å². The van der Waals surface area contributed by atoms with Gasteiger partial charge in [0.1, 0.15) is 5.82 Å². The summed E-state index contributed by atoms with van der Waals surface area (Å²) in [5, 5.41) is 0. The van der Waals surface area contributed by atoms with Gasteiger partial charge in [-0.2, -0.15) is 0 Å². The van der Waals surface area contributed by atoms with E-state index in [0.29, 0.717) is 45.8 Å². The number of carbonyl (C=O) groups excluding carboxylic acids is 2. The third kappa shape index (κ3) is 4.80. The van der Waals surface area contributed by atoms with Crippen LogP contribution in [0.4, 0.5) is 4.39 Å². The van der Waals surface area contributed by atoms with Crippen molar-refractivity contribution in [3.05, 3.63) is 35.6 Å². The lowest BCUT2D eigenvalue weighted by molar-refractivity contribution is -0.136. The fourth-order valence-electron chi connectivity index (χ4n) is 2.36. The molecule has 0 aliphatic carbocycles. The molecule has 1 aromatic rings. The SMILES string of the molecule is CC(=O)N(CCC(=O)N1CCOCC1)Cc1ccc(F)cc1. The Hall–Kier alpha value is -1.95. The van der Waals surface area contributed by atoms with E-state index in [1.54, 1.807) is 21.9 Å². The van der Waals surface area contributed by atoms with Crippen molar-refractivity contribution in [2.75, 3.05) is 32.8 Å². The van der Waals surface area contributed by atoms with Crippen LogP contribution >= 0.6 is 0 Å². The largest absolute Gasteiger partial charge is 0.378 e. The summed E-state index contributed by atoms with van der Waals surface area (Å²) in [6.45, 7) is 4.57. The predicted molar refractivity (Wildman–Crippen MR) is 79.5 cm³/mol. The first-order valence-electron chi connectivity index (χ1n) is 7.42. The first kappa shape index (κ1) is 16.4. The number of amides is 2. The maximum atomic E-state index is 12.9. The zero-order valence-electron chi connectivity index (χ0n) is 12.8. The molecular weight excluding hydrogens is 287 g/mol. The Morgan fingerprint density at radius 1 is 1.23 bits per heavy atom. The van der Waals surface area contributed by atoms with Crippen LogP contribution in [0.15, 0.2) is 24.3 Å². The van der Waals surface area contributed by atoms with Crippen LogP contribution in [0.3, 0.4) is 0 Å². The maximum Gasteiger partial charge on any atom is 0.224 e. The molecule has 5 nitrogen and oxygen atoms in total. The molecule has 0 unspecified atom stereocenters. The smallest absolute Gasteiger partial charge is 0.224 e. The van der Waals surface area contributed by atoms with Gasteiger partial charge in [0.2, 0.25) is 11.8 Å². The summed E-state index contributed by atoms with van der Waals surface area (Å²) in [5.41, 5.74) is 0.843. The van der Waals surface area contributed by atoms with E-state index in [4.69, 9.17) is 4.74 Å². The predicted octanol–water partition coefficient (Wildman–Crippen LogP) is 1.42. The van der Waals surface area contributed by atoms with Gasteiger partial charge in [0.15, 0.2) is 0 Å². The lowest BCUT2D eigenvalue weighted by Crippen LogP contribution is -2.42. The highest BCUT2D eigenvalue weighted by Gasteiger charge is 2.18. The van der Waals surface area contributed by atoms with E-state index in [1.165, 1.54) is 19.1 Å². The molecule has 2 rings (SSSR count). The van der Waals surface area contributed by atoms with Crippen LogP contribution in [0.2, 0.25) is 0 Å². The second-order valence-electron chi connectivity index (χ2n) is 5.31. The number of benzene rings is 1. The van der Waals surface area contributed by atoms with Crippen LogP contribution in [-0.2, 0) is 20.9 Å². The van der Waals surface area contributed by atoms with Crippen molar-refractivity contribution in [1.29, 1.82) is 0 Å². The van der Waals surface area contributed by atoms with Crippen LogP contribution in [0.5, 0.6) is 0 Å². The van der Waals surface area contributed by atoms with E-state index in [0.717, 1.165) is 5.56 Å². The molecule has 1 aliphatic heterocycles. The van der Waals surface area contributed by atoms with Crippen molar-refractivity contribution < 1.29 is 18.7 Å². The molecule has 2 amide bonds. The van der Waals surface area contributed by atoms with Crippen LogP contribution in [0, 0.1) is 5.82 Å². The average Bonchev–Trinajstić information content (AvgIpc) is 2.53. The van der Waals surface area contributed by atoms with E-state index in [2.05, 4.69) is 0 Å². The van der Waals surface area contributed by atoms with Crippen LogP contribution in [-0.4, -0.2) is 54.5 Å². The van der Waals surface area contributed by atoms with Crippen molar-refractivity contribution in [3.8, 4) is 0 Å². The number of halogens is 1. The van der Waals surface area contributed by atoms with E-state index < -0.39 is 0 Å². The highest BCUT2D eigenvalue weighted by Crippen LogP contribution is 2.09. The molecule has 0 N–H and O–H groups in total. The zero-order chi connectivity index (χ0) is 15.9. The van der Waals surface area contributed by atoms with Gasteiger partial charge in [-0.15, -0.1) is 0 Å². The quantitative estimate of drug-likeness (QED) is 0.827. The Labute approximate surface area is 129 Å². The average molecular weight is 308 g/mol. The summed E-state index contributed by atoms with van der Waals surface area (Å²) >= 11 is 0. The Bertz CT molecular complexity index is 513. The molecule has 0 bridgehead atoms. The molecule has 0 atom stereocenters. The molecule has 1 heterocycles. The lowest BCUT2D eigenvalue weighted by Gasteiger charge is -2.28. The first-order chi connectivity index (χ1) is 10.6. The van der Waals surface area contributed by atoms with Crippen LogP contribution < -0.4 is 0 Å².